The van der Waals surface area contributed by atoms with Gasteiger partial charge in [0, 0.05) is 25.4 Å². The summed E-state index contributed by atoms with van der Waals surface area (Å²) < 4.78 is 11.2. The number of fused-ring (bicyclic) bond motifs is 1. The van der Waals surface area contributed by atoms with E-state index in [1.807, 2.05) is 24.3 Å². The maximum Gasteiger partial charge on any atom is 0.228 e. The molecule has 2 aromatic heterocycles. The largest absolute Gasteiger partial charge is 0.436 e. The minimum Gasteiger partial charge on any atom is -0.436 e. The summed E-state index contributed by atoms with van der Waals surface area (Å²) in [6.45, 7) is 3.19. The van der Waals surface area contributed by atoms with Crippen LogP contribution in [0.1, 0.15) is 0 Å². The van der Waals surface area contributed by atoms with Crippen LogP contribution in [-0.2, 0) is 4.74 Å². The molecule has 6 nitrogen and oxygen atoms in total. The van der Waals surface area contributed by atoms with Crippen molar-refractivity contribution in [1.82, 2.24) is 9.97 Å². The zero-order valence-electron chi connectivity index (χ0n) is 12.8. The summed E-state index contributed by atoms with van der Waals surface area (Å²) in [5.41, 5.74) is 2.96. The average molecular weight is 338 g/mol. The van der Waals surface area contributed by atoms with Gasteiger partial charge in [0.2, 0.25) is 5.89 Å². The van der Waals surface area contributed by atoms with Crippen molar-refractivity contribution in [1.29, 1.82) is 0 Å². The van der Waals surface area contributed by atoms with Crippen molar-refractivity contribution in [2.75, 3.05) is 31.2 Å². The molecule has 0 amide bonds. The molecule has 120 valence electrons. The van der Waals surface area contributed by atoms with Crippen LogP contribution in [0.25, 0.3) is 22.6 Å². The predicted molar refractivity (Wildman–Crippen MR) is 95.0 cm³/mol. The number of aliphatic imine (C=N–C) groups is 1. The monoisotopic (exact) mass is 338 g/mol. The van der Waals surface area contributed by atoms with Gasteiger partial charge in [-0.1, -0.05) is 0 Å². The number of morpholine rings is 1. The molecule has 0 radical (unpaired) electrons. The first-order valence-corrected chi connectivity index (χ1v) is 8.02. The molecule has 1 aromatic carbocycles. The van der Waals surface area contributed by atoms with Crippen molar-refractivity contribution in [3.8, 4) is 11.5 Å². The highest BCUT2D eigenvalue weighted by Crippen LogP contribution is 2.27. The number of oxazole rings is 1. The third-order valence-corrected chi connectivity index (χ3v) is 3.97. The van der Waals surface area contributed by atoms with Gasteiger partial charge in [-0.3, -0.25) is 0 Å². The Kier molecular flexibility index (Phi) is 4.04. The van der Waals surface area contributed by atoms with Crippen LogP contribution in [-0.4, -0.2) is 41.4 Å². The maximum atomic E-state index is 5.82. The molecule has 24 heavy (non-hydrogen) atoms. The Morgan fingerprint density at radius 2 is 2.04 bits per heavy atom. The summed E-state index contributed by atoms with van der Waals surface area (Å²) in [7, 11) is 0. The standard InChI is InChI=1S/C17H14N4O2S/c24-11-19-13-2-3-14-15(9-13)23-17(20-14)12-1-4-16(18-10-12)21-5-7-22-8-6-21/h1-4,9-10H,5-8H2. The van der Waals surface area contributed by atoms with E-state index in [1.165, 1.54) is 0 Å². The highest BCUT2D eigenvalue weighted by molar-refractivity contribution is 7.78. The number of nitrogens with zero attached hydrogens (tertiary/aromatic N) is 4. The van der Waals surface area contributed by atoms with Gasteiger partial charge in [-0.15, -0.1) is 0 Å². The molecule has 3 heterocycles. The molecule has 0 unspecified atom stereocenters. The number of hydrogen-bond donors (Lipinski definition) is 0. The fourth-order valence-electron chi connectivity index (χ4n) is 2.65. The van der Waals surface area contributed by atoms with Crippen molar-refractivity contribution < 1.29 is 9.15 Å². The highest BCUT2D eigenvalue weighted by Gasteiger charge is 2.14. The van der Waals surface area contributed by atoms with Gasteiger partial charge in [0.1, 0.15) is 11.3 Å². The lowest BCUT2D eigenvalue weighted by molar-refractivity contribution is 0.122. The second-order valence-electron chi connectivity index (χ2n) is 5.38. The van der Waals surface area contributed by atoms with Gasteiger partial charge in [-0.25, -0.2) is 9.97 Å². The molecule has 3 aromatic rings. The quantitative estimate of drug-likeness (QED) is 0.538. The number of ether oxygens (including phenoxy) is 1. The fraction of sp³-hybridized carbons (Fsp3) is 0.235. The molecule has 7 heteroatoms. The average Bonchev–Trinajstić information content (AvgIpc) is 3.06. The van der Waals surface area contributed by atoms with Crippen LogP contribution in [0.5, 0.6) is 0 Å². The van der Waals surface area contributed by atoms with Gasteiger partial charge in [-0.2, -0.15) is 4.99 Å². The summed E-state index contributed by atoms with van der Waals surface area (Å²) in [4.78, 5) is 15.2. The van der Waals surface area contributed by atoms with Gasteiger partial charge in [0.05, 0.1) is 29.6 Å². The molecule has 0 atom stereocenters. The zero-order valence-corrected chi connectivity index (χ0v) is 13.6. The van der Waals surface area contributed by atoms with Gasteiger partial charge < -0.3 is 14.1 Å². The van der Waals surface area contributed by atoms with Crippen molar-refractivity contribution in [2.45, 2.75) is 0 Å². The second-order valence-corrected chi connectivity index (χ2v) is 5.56. The summed E-state index contributed by atoms with van der Waals surface area (Å²) >= 11 is 4.62. The van der Waals surface area contributed by atoms with Crippen LogP contribution in [0.2, 0.25) is 0 Å². The first-order valence-electron chi connectivity index (χ1n) is 7.61. The summed E-state index contributed by atoms with van der Waals surface area (Å²) in [6, 6.07) is 9.42. The van der Waals surface area contributed by atoms with Crippen LogP contribution < -0.4 is 4.90 Å². The number of aromatic nitrogens is 2. The Labute approximate surface area is 143 Å². The lowest BCUT2D eigenvalue weighted by atomic mass is 10.2. The SMILES string of the molecule is S=C=Nc1ccc2nc(-c3ccc(N4CCOCC4)nc3)oc2c1. The molecule has 1 saturated heterocycles. The van der Waals surface area contributed by atoms with E-state index in [1.54, 1.807) is 12.3 Å². The zero-order chi connectivity index (χ0) is 16.4. The molecule has 4 rings (SSSR count). The molecular weight excluding hydrogens is 324 g/mol. The molecule has 0 aliphatic carbocycles. The molecule has 0 N–H and O–H groups in total. The van der Waals surface area contributed by atoms with Crippen molar-refractivity contribution >= 4 is 40.0 Å². The Balaban J connectivity index is 1.63. The topological polar surface area (TPSA) is 63.8 Å². The highest BCUT2D eigenvalue weighted by atomic mass is 32.1. The third-order valence-electron chi connectivity index (χ3n) is 3.88. The van der Waals surface area contributed by atoms with Crippen molar-refractivity contribution in [2.24, 2.45) is 4.99 Å². The first kappa shape index (κ1) is 15.0. The lowest BCUT2D eigenvalue weighted by Crippen LogP contribution is -2.36. The molecule has 1 aliphatic rings. The van der Waals surface area contributed by atoms with Gasteiger partial charge in [0.15, 0.2) is 5.58 Å². The van der Waals surface area contributed by atoms with E-state index in [0.717, 1.165) is 43.2 Å². The van der Waals surface area contributed by atoms with Gasteiger partial charge in [-0.05, 0) is 36.5 Å². The van der Waals surface area contributed by atoms with E-state index in [4.69, 9.17) is 9.15 Å². The number of rotatable bonds is 3. The van der Waals surface area contributed by atoms with Gasteiger partial charge >= 0.3 is 0 Å². The molecule has 0 bridgehead atoms. The van der Waals surface area contributed by atoms with E-state index in [0.29, 0.717) is 17.2 Å². The van der Waals surface area contributed by atoms with Crippen LogP contribution in [0.3, 0.4) is 0 Å². The summed E-state index contributed by atoms with van der Waals surface area (Å²) in [5, 5.41) is 2.35. The Morgan fingerprint density at radius 3 is 2.79 bits per heavy atom. The number of isothiocyanates is 1. The summed E-state index contributed by atoms with van der Waals surface area (Å²) in [5.74, 6) is 1.48. The Hall–Kier alpha value is -2.60. The Bertz CT molecular complexity index is 910. The number of anilines is 1. The summed E-state index contributed by atoms with van der Waals surface area (Å²) in [6.07, 6.45) is 1.78. The fourth-order valence-corrected chi connectivity index (χ4v) is 2.76. The molecule has 1 aliphatic heterocycles. The van der Waals surface area contributed by atoms with Gasteiger partial charge in [0.25, 0.3) is 0 Å². The van der Waals surface area contributed by atoms with Crippen LogP contribution in [0.15, 0.2) is 45.9 Å². The number of hydrogen-bond acceptors (Lipinski definition) is 7. The lowest BCUT2D eigenvalue weighted by Gasteiger charge is -2.27. The predicted octanol–water partition coefficient (Wildman–Crippen LogP) is 3.46. The number of benzene rings is 1. The third kappa shape index (κ3) is 2.92. The minimum absolute atomic E-state index is 0.537. The first-order chi connectivity index (χ1) is 11.8. The maximum absolute atomic E-state index is 5.82. The Morgan fingerprint density at radius 1 is 1.17 bits per heavy atom. The van der Waals surface area contributed by atoms with Crippen molar-refractivity contribution in [3.63, 3.8) is 0 Å². The molecule has 0 saturated carbocycles. The van der Waals surface area contributed by atoms with Crippen LogP contribution in [0.4, 0.5) is 11.5 Å². The number of thiocarbonyl (C=S) groups is 1. The number of pyridine rings is 1. The van der Waals surface area contributed by atoms with Crippen LogP contribution in [0, 0.1) is 0 Å². The van der Waals surface area contributed by atoms with E-state index < -0.39 is 0 Å². The van der Waals surface area contributed by atoms with E-state index in [9.17, 15) is 0 Å². The van der Waals surface area contributed by atoms with E-state index >= 15 is 0 Å². The van der Waals surface area contributed by atoms with E-state index in [2.05, 4.69) is 37.2 Å². The second kappa shape index (κ2) is 6.49. The van der Waals surface area contributed by atoms with Crippen LogP contribution >= 0.6 is 12.2 Å². The normalized spacial score (nSPS) is 14.6. The molecule has 0 spiro atoms. The minimum atomic E-state index is 0.537. The molecular formula is C17H14N4O2S. The van der Waals surface area contributed by atoms with Crippen molar-refractivity contribution in [3.05, 3.63) is 36.5 Å². The molecule has 1 fully saturated rings. The smallest absolute Gasteiger partial charge is 0.228 e. The van der Waals surface area contributed by atoms with E-state index in [-0.39, 0.29) is 0 Å².